The van der Waals surface area contributed by atoms with Crippen molar-refractivity contribution in [1.82, 2.24) is 19.5 Å². The minimum absolute atomic E-state index is 0.0568. The molecule has 0 bridgehead atoms. The van der Waals surface area contributed by atoms with E-state index in [1.165, 1.54) is 4.57 Å². The molecule has 1 atom stereocenters. The van der Waals surface area contributed by atoms with Crippen molar-refractivity contribution < 1.29 is 13.2 Å². The smallest absolute Gasteiger partial charge is 0.340 e. The van der Waals surface area contributed by atoms with Gasteiger partial charge in [-0.1, -0.05) is 0 Å². The van der Waals surface area contributed by atoms with Crippen LogP contribution in [0.1, 0.15) is 30.3 Å². The first-order chi connectivity index (χ1) is 10.4. The molecule has 0 radical (unpaired) electrons. The van der Waals surface area contributed by atoms with Gasteiger partial charge in [-0.15, -0.1) is 0 Å². The van der Waals surface area contributed by atoms with Gasteiger partial charge in [-0.2, -0.15) is 13.2 Å². The molecule has 3 rings (SSSR count). The summed E-state index contributed by atoms with van der Waals surface area (Å²) < 4.78 is 39.8. The van der Waals surface area contributed by atoms with Gasteiger partial charge in [-0.25, -0.2) is 15.0 Å². The minimum Gasteiger partial charge on any atom is -0.340 e. The maximum Gasteiger partial charge on any atom is 0.434 e. The molecule has 0 unspecified atom stereocenters. The minimum atomic E-state index is -4.41. The molecule has 2 aromatic rings. The van der Waals surface area contributed by atoms with Gasteiger partial charge < -0.3 is 9.47 Å². The molecule has 0 N–H and O–H groups in total. The molecule has 3 heterocycles. The fourth-order valence-electron chi connectivity index (χ4n) is 2.82. The molecule has 0 amide bonds. The molecule has 0 aliphatic carbocycles. The number of nitrogens with zero attached hydrogens (tertiary/aromatic N) is 5. The first kappa shape index (κ1) is 14.8. The third-order valence-electron chi connectivity index (χ3n) is 3.82. The van der Waals surface area contributed by atoms with Crippen LogP contribution in [0.2, 0.25) is 0 Å². The quantitative estimate of drug-likeness (QED) is 0.855. The van der Waals surface area contributed by atoms with Gasteiger partial charge in [0, 0.05) is 44.6 Å². The van der Waals surface area contributed by atoms with Gasteiger partial charge >= 0.3 is 6.18 Å². The maximum atomic E-state index is 12.8. The first-order valence-corrected chi connectivity index (χ1v) is 7.07. The van der Waals surface area contributed by atoms with E-state index in [0.717, 1.165) is 25.6 Å². The van der Waals surface area contributed by atoms with Crippen molar-refractivity contribution in [3.05, 3.63) is 36.2 Å². The molecule has 22 heavy (non-hydrogen) atoms. The molecular formula is C14H16F3N5. The summed E-state index contributed by atoms with van der Waals surface area (Å²) in [6.45, 7) is 1.38. The molecule has 0 spiro atoms. The molecule has 118 valence electrons. The molecule has 2 aromatic heterocycles. The van der Waals surface area contributed by atoms with Crippen LogP contribution in [0, 0.1) is 0 Å². The zero-order chi connectivity index (χ0) is 15.7. The highest BCUT2D eigenvalue weighted by molar-refractivity contribution is 5.31. The second-order valence-corrected chi connectivity index (χ2v) is 5.43. The fourth-order valence-corrected chi connectivity index (χ4v) is 2.82. The average Bonchev–Trinajstić information content (AvgIpc) is 2.90. The topological polar surface area (TPSA) is 46.8 Å². The number of aromatic nitrogens is 4. The number of imidazole rings is 1. The molecule has 0 saturated carbocycles. The highest BCUT2D eigenvalue weighted by Crippen LogP contribution is 2.32. The second kappa shape index (κ2) is 5.58. The lowest BCUT2D eigenvalue weighted by Crippen LogP contribution is -2.36. The zero-order valence-corrected chi connectivity index (χ0v) is 12.1. The Balaban J connectivity index is 1.82. The van der Waals surface area contributed by atoms with Gasteiger partial charge in [0.05, 0.1) is 0 Å². The molecular weight excluding hydrogens is 295 g/mol. The standard InChI is InChI=1S/C14H16F3N5/c1-21-9-11(14(15,16)17)20-12(21)10-4-2-7-22(8-10)13-18-5-3-6-19-13/h3,5-6,9-10H,2,4,7-8H2,1H3/t10-/m0/s1. The van der Waals surface area contributed by atoms with Crippen LogP contribution in [-0.4, -0.2) is 32.6 Å². The van der Waals surface area contributed by atoms with E-state index in [2.05, 4.69) is 15.0 Å². The summed E-state index contributed by atoms with van der Waals surface area (Å²) in [4.78, 5) is 14.2. The molecule has 1 aliphatic heterocycles. The summed E-state index contributed by atoms with van der Waals surface area (Å²) in [5.74, 6) is 1.02. The van der Waals surface area contributed by atoms with Crippen LogP contribution in [0.5, 0.6) is 0 Å². The van der Waals surface area contributed by atoms with E-state index in [1.807, 2.05) is 4.90 Å². The van der Waals surface area contributed by atoms with Crippen LogP contribution in [0.25, 0.3) is 0 Å². The van der Waals surface area contributed by atoms with Crippen molar-refractivity contribution in [3.63, 3.8) is 0 Å². The van der Waals surface area contributed by atoms with Crippen LogP contribution in [-0.2, 0) is 13.2 Å². The molecule has 0 aromatic carbocycles. The van der Waals surface area contributed by atoms with Crippen LogP contribution < -0.4 is 4.90 Å². The zero-order valence-electron chi connectivity index (χ0n) is 12.1. The number of aryl methyl sites for hydroxylation is 1. The van der Waals surface area contributed by atoms with Crippen molar-refractivity contribution in [1.29, 1.82) is 0 Å². The highest BCUT2D eigenvalue weighted by atomic mass is 19.4. The Kier molecular flexibility index (Phi) is 3.76. The summed E-state index contributed by atoms with van der Waals surface area (Å²) in [7, 11) is 1.61. The Hall–Kier alpha value is -2.12. The number of hydrogen-bond donors (Lipinski definition) is 0. The lowest BCUT2D eigenvalue weighted by molar-refractivity contribution is -0.141. The predicted octanol–water partition coefficient (Wildman–Crippen LogP) is 2.61. The van der Waals surface area contributed by atoms with E-state index >= 15 is 0 Å². The van der Waals surface area contributed by atoms with E-state index < -0.39 is 11.9 Å². The van der Waals surface area contributed by atoms with Crippen LogP contribution >= 0.6 is 0 Å². The Bertz CT molecular complexity index is 638. The number of rotatable bonds is 2. The lowest BCUT2D eigenvalue weighted by Gasteiger charge is -2.32. The average molecular weight is 311 g/mol. The van der Waals surface area contributed by atoms with Gasteiger partial charge in [0.15, 0.2) is 5.69 Å². The Labute approximate surface area is 125 Å². The summed E-state index contributed by atoms with van der Waals surface area (Å²) in [5, 5.41) is 0. The SMILES string of the molecule is Cn1cc(C(F)(F)F)nc1[C@H]1CCCN(c2ncccn2)C1. The van der Waals surface area contributed by atoms with Crippen molar-refractivity contribution in [3.8, 4) is 0 Å². The van der Waals surface area contributed by atoms with E-state index in [4.69, 9.17) is 0 Å². The number of alkyl halides is 3. The highest BCUT2D eigenvalue weighted by Gasteiger charge is 2.36. The lowest BCUT2D eigenvalue weighted by atomic mass is 9.97. The van der Waals surface area contributed by atoms with E-state index in [9.17, 15) is 13.2 Å². The normalized spacial score (nSPS) is 19.5. The Morgan fingerprint density at radius 2 is 1.95 bits per heavy atom. The third-order valence-corrected chi connectivity index (χ3v) is 3.82. The summed E-state index contributed by atoms with van der Waals surface area (Å²) >= 11 is 0. The van der Waals surface area contributed by atoms with Crippen molar-refractivity contribution in [2.75, 3.05) is 18.0 Å². The summed E-state index contributed by atoms with van der Waals surface area (Å²) in [6.07, 6.45) is 1.64. The monoisotopic (exact) mass is 311 g/mol. The third kappa shape index (κ3) is 2.90. The Morgan fingerprint density at radius 1 is 1.23 bits per heavy atom. The number of piperidine rings is 1. The molecule has 1 saturated heterocycles. The van der Waals surface area contributed by atoms with Gasteiger partial charge in [-0.05, 0) is 18.9 Å². The predicted molar refractivity (Wildman–Crippen MR) is 74.4 cm³/mol. The maximum absolute atomic E-state index is 12.8. The number of anilines is 1. The molecule has 1 fully saturated rings. The Morgan fingerprint density at radius 3 is 2.59 bits per heavy atom. The molecule has 8 heteroatoms. The van der Waals surface area contributed by atoms with Crippen molar-refractivity contribution in [2.24, 2.45) is 7.05 Å². The van der Waals surface area contributed by atoms with E-state index in [0.29, 0.717) is 18.3 Å². The second-order valence-electron chi connectivity index (χ2n) is 5.43. The first-order valence-electron chi connectivity index (χ1n) is 7.07. The number of halogens is 3. The van der Waals surface area contributed by atoms with Crippen LogP contribution in [0.3, 0.4) is 0 Å². The summed E-state index contributed by atoms with van der Waals surface area (Å²) in [5.41, 5.74) is -0.835. The van der Waals surface area contributed by atoms with Crippen molar-refractivity contribution >= 4 is 5.95 Å². The van der Waals surface area contributed by atoms with Gasteiger partial charge in [-0.3, -0.25) is 0 Å². The van der Waals surface area contributed by atoms with E-state index in [1.54, 1.807) is 25.5 Å². The van der Waals surface area contributed by atoms with Gasteiger partial charge in [0.2, 0.25) is 5.95 Å². The van der Waals surface area contributed by atoms with Crippen molar-refractivity contribution in [2.45, 2.75) is 24.9 Å². The van der Waals surface area contributed by atoms with E-state index in [-0.39, 0.29) is 5.92 Å². The van der Waals surface area contributed by atoms with Gasteiger partial charge in [0.1, 0.15) is 5.82 Å². The van der Waals surface area contributed by atoms with Crippen LogP contribution in [0.4, 0.5) is 19.1 Å². The van der Waals surface area contributed by atoms with Gasteiger partial charge in [0.25, 0.3) is 0 Å². The fraction of sp³-hybridized carbons (Fsp3) is 0.500. The molecule has 1 aliphatic rings. The largest absolute Gasteiger partial charge is 0.434 e. The molecule has 5 nitrogen and oxygen atoms in total. The number of hydrogen-bond acceptors (Lipinski definition) is 4. The summed E-state index contributed by atoms with van der Waals surface area (Å²) in [6, 6.07) is 1.74. The van der Waals surface area contributed by atoms with Crippen LogP contribution in [0.15, 0.2) is 24.7 Å².